The molecular weight excluding hydrogens is 304 g/mol. The number of ether oxygens (including phenoxy) is 1. The van der Waals surface area contributed by atoms with E-state index in [1.807, 2.05) is 11.0 Å². The third kappa shape index (κ3) is 2.97. The highest BCUT2D eigenvalue weighted by molar-refractivity contribution is 8.00. The molecule has 1 fully saturated rings. The number of thioether (sulfide) groups is 1. The fourth-order valence-corrected chi connectivity index (χ4v) is 3.61. The van der Waals surface area contributed by atoms with E-state index >= 15 is 0 Å². The molecule has 0 radical (unpaired) electrons. The van der Waals surface area contributed by atoms with Gasteiger partial charge in [-0.1, -0.05) is 17.3 Å². The lowest BCUT2D eigenvalue weighted by atomic mass is 10.2. The molecule has 1 aliphatic heterocycles. The minimum atomic E-state index is -0.230. The highest BCUT2D eigenvalue weighted by atomic mass is 32.2. The Kier molecular flexibility index (Phi) is 4.39. The minimum absolute atomic E-state index is 0.168. The quantitative estimate of drug-likeness (QED) is 0.755. The van der Waals surface area contributed by atoms with Gasteiger partial charge in [-0.25, -0.2) is 0 Å². The van der Waals surface area contributed by atoms with Crippen LogP contribution in [-0.4, -0.2) is 57.1 Å². The molecule has 0 N–H and O–H groups in total. The molecule has 2 aromatic rings. The summed E-state index contributed by atoms with van der Waals surface area (Å²) in [5, 5.41) is 8.38. The van der Waals surface area contributed by atoms with Gasteiger partial charge in [-0.2, -0.15) is 4.68 Å². The zero-order chi connectivity index (χ0) is 15.5. The highest BCUT2D eigenvalue weighted by Gasteiger charge is 2.27. The van der Waals surface area contributed by atoms with E-state index < -0.39 is 0 Å². The summed E-state index contributed by atoms with van der Waals surface area (Å²) < 4.78 is 6.13. The van der Waals surface area contributed by atoms with Crippen molar-refractivity contribution < 1.29 is 9.53 Å². The second-order valence-electron chi connectivity index (χ2n) is 5.01. The second-order valence-corrected chi connectivity index (χ2v) is 6.32. The molecule has 1 saturated heterocycles. The van der Waals surface area contributed by atoms with Crippen LogP contribution in [0.15, 0.2) is 29.1 Å². The molecule has 2 heterocycles. The third-order valence-corrected chi connectivity index (χ3v) is 4.74. The number of rotatable bonds is 3. The van der Waals surface area contributed by atoms with Crippen molar-refractivity contribution in [2.45, 2.75) is 11.9 Å². The van der Waals surface area contributed by atoms with Crippen LogP contribution in [0.25, 0.3) is 10.9 Å². The van der Waals surface area contributed by atoms with Gasteiger partial charge in [0.05, 0.1) is 19.2 Å². The van der Waals surface area contributed by atoms with Gasteiger partial charge in [0.15, 0.2) is 0 Å². The number of hydrogen-bond donors (Lipinski definition) is 0. The Balaban J connectivity index is 1.80. The largest absolute Gasteiger partial charge is 0.468 e. The van der Waals surface area contributed by atoms with E-state index in [1.54, 1.807) is 30.0 Å². The SMILES string of the molecule is COC(=O)[C@H]1CN(Cn2nnc3ccccc3c2=O)CCS1. The molecule has 0 saturated carbocycles. The van der Waals surface area contributed by atoms with Gasteiger partial charge < -0.3 is 4.74 Å². The van der Waals surface area contributed by atoms with Gasteiger partial charge in [0, 0.05) is 18.8 Å². The predicted octanol–water partition coefficient (Wildman–Crippen LogP) is 0.339. The van der Waals surface area contributed by atoms with Crippen molar-refractivity contribution in [3.63, 3.8) is 0 Å². The monoisotopic (exact) mass is 320 g/mol. The number of methoxy groups -OCH3 is 1. The molecule has 3 rings (SSSR count). The van der Waals surface area contributed by atoms with Crippen molar-refractivity contribution in [3.8, 4) is 0 Å². The Hall–Kier alpha value is -1.93. The zero-order valence-electron chi connectivity index (χ0n) is 12.1. The summed E-state index contributed by atoms with van der Waals surface area (Å²) >= 11 is 1.58. The van der Waals surface area contributed by atoms with Crippen molar-refractivity contribution in [1.29, 1.82) is 0 Å². The number of aromatic nitrogens is 3. The van der Waals surface area contributed by atoms with Crippen LogP contribution in [0.3, 0.4) is 0 Å². The average molecular weight is 320 g/mol. The molecule has 1 aromatic carbocycles. The molecular formula is C14H16N4O3S. The predicted molar refractivity (Wildman–Crippen MR) is 83.6 cm³/mol. The fraction of sp³-hybridized carbons (Fsp3) is 0.429. The lowest BCUT2D eigenvalue weighted by Gasteiger charge is -2.30. The molecule has 0 spiro atoms. The molecule has 1 atom stereocenters. The summed E-state index contributed by atoms with van der Waals surface area (Å²) in [7, 11) is 1.39. The Bertz CT molecular complexity index is 748. The van der Waals surface area contributed by atoms with Gasteiger partial charge in [0.2, 0.25) is 0 Å². The molecule has 0 aliphatic carbocycles. The molecule has 8 heteroatoms. The number of nitrogens with zero attached hydrogens (tertiary/aromatic N) is 4. The third-order valence-electron chi connectivity index (χ3n) is 3.58. The Morgan fingerprint density at radius 1 is 1.45 bits per heavy atom. The number of fused-ring (bicyclic) bond motifs is 1. The van der Waals surface area contributed by atoms with Gasteiger partial charge in [-0.3, -0.25) is 14.5 Å². The van der Waals surface area contributed by atoms with Crippen LogP contribution in [-0.2, 0) is 16.2 Å². The number of carbonyl (C=O) groups excluding carboxylic acids is 1. The van der Waals surface area contributed by atoms with Crippen LogP contribution in [0.5, 0.6) is 0 Å². The van der Waals surface area contributed by atoms with Gasteiger partial charge in [0.1, 0.15) is 10.8 Å². The van der Waals surface area contributed by atoms with Gasteiger partial charge >= 0.3 is 5.97 Å². The Labute approximate surface area is 131 Å². The van der Waals surface area contributed by atoms with Crippen molar-refractivity contribution in [2.24, 2.45) is 0 Å². The van der Waals surface area contributed by atoms with E-state index in [2.05, 4.69) is 10.3 Å². The molecule has 7 nitrogen and oxygen atoms in total. The normalized spacial score (nSPS) is 19.2. The summed E-state index contributed by atoms with van der Waals surface area (Å²) in [5.41, 5.74) is 0.420. The first kappa shape index (κ1) is 15.0. The van der Waals surface area contributed by atoms with Crippen molar-refractivity contribution in [3.05, 3.63) is 34.6 Å². The van der Waals surface area contributed by atoms with E-state index in [9.17, 15) is 9.59 Å². The molecule has 1 aromatic heterocycles. The van der Waals surface area contributed by atoms with Crippen LogP contribution in [0.1, 0.15) is 0 Å². The van der Waals surface area contributed by atoms with Crippen molar-refractivity contribution >= 4 is 28.6 Å². The van der Waals surface area contributed by atoms with Gasteiger partial charge in [-0.05, 0) is 12.1 Å². The van der Waals surface area contributed by atoms with Gasteiger partial charge in [-0.15, -0.1) is 16.9 Å². The van der Waals surface area contributed by atoms with Crippen LogP contribution in [0.4, 0.5) is 0 Å². The second kappa shape index (κ2) is 6.45. The zero-order valence-corrected chi connectivity index (χ0v) is 13.0. The van der Waals surface area contributed by atoms with Crippen LogP contribution >= 0.6 is 11.8 Å². The van der Waals surface area contributed by atoms with E-state index in [1.165, 1.54) is 11.8 Å². The number of carbonyl (C=O) groups is 1. The maximum absolute atomic E-state index is 12.4. The summed E-state index contributed by atoms with van der Waals surface area (Å²) in [6.07, 6.45) is 0. The summed E-state index contributed by atoms with van der Waals surface area (Å²) in [5.74, 6) is 0.585. The van der Waals surface area contributed by atoms with E-state index in [-0.39, 0.29) is 16.8 Å². The number of esters is 1. The molecule has 1 aliphatic rings. The number of benzene rings is 1. The van der Waals surface area contributed by atoms with Crippen molar-refractivity contribution in [2.75, 3.05) is 26.0 Å². The van der Waals surface area contributed by atoms with E-state index in [0.29, 0.717) is 24.1 Å². The molecule has 22 heavy (non-hydrogen) atoms. The Morgan fingerprint density at radius 3 is 3.09 bits per heavy atom. The van der Waals surface area contributed by atoms with E-state index in [4.69, 9.17) is 4.74 Å². The highest BCUT2D eigenvalue weighted by Crippen LogP contribution is 2.19. The first-order valence-corrected chi connectivity index (χ1v) is 7.98. The lowest BCUT2D eigenvalue weighted by Crippen LogP contribution is -2.44. The van der Waals surface area contributed by atoms with Crippen LogP contribution in [0.2, 0.25) is 0 Å². The first-order valence-electron chi connectivity index (χ1n) is 6.93. The summed E-state index contributed by atoms with van der Waals surface area (Å²) in [6, 6.07) is 7.13. The number of hydrogen-bond acceptors (Lipinski definition) is 7. The molecule has 0 bridgehead atoms. The van der Waals surface area contributed by atoms with Crippen LogP contribution < -0.4 is 5.56 Å². The van der Waals surface area contributed by atoms with Crippen molar-refractivity contribution in [1.82, 2.24) is 19.9 Å². The smallest absolute Gasteiger partial charge is 0.320 e. The fourth-order valence-electron chi connectivity index (χ4n) is 2.41. The maximum atomic E-state index is 12.4. The topological polar surface area (TPSA) is 77.3 Å². The van der Waals surface area contributed by atoms with Gasteiger partial charge in [0.25, 0.3) is 5.56 Å². The minimum Gasteiger partial charge on any atom is -0.468 e. The summed E-state index contributed by atoms with van der Waals surface area (Å²) in [4.78, 5) is 26.1. The molecule has 116 valence electrons. The standard InChI is InChI=1S/C14H16N4O3S/c1-21-14(20)12-8-17(6-7-22-12)9-18-13(19)10-4-2-3-5-11(10)15-16-18/h2-5,12H,6-9H2,1H3/t12-/m1/s1. The van der Waals surface area contributed by atoms with Crippen LogP contribution in [0, 0.1) is 0 Å². The Morgan fingerprint density at radius 2 is 2.27 bits per heavy atom. The first-order chi connectivity index (χ1) is 10.7. The lowest BCUT2D eigenvalue weighted by molar-refractivity contribution is -0.140. The maximum Gasteiger partial charge on any atom is 0.320 e. The molecule has 0 amide bonds. The van der Waals surface area contributed by atoms with E-state index in [0.717, 1.165) is 12.3 Å². The average Bonchev–Trinajstić information content (AvgIpc) is 2.57. The molecule has 0 unspecified atom stereocenters. The summed E-state index contributed by atoms with van der Waals surface area (Å²) in [6.45, 7) is 1.65.